The zero-order valence-corrected chi connectivity index (χ0v) is 22.0. The van der Waals surface area contributed by atoms with Crippen LogP contribution >= 0.6 is 0 Å². The summed E-state index contributed by atoms with van der Waals surface area (Å²) in [6, 6.07) is 10.5. The molecule has 0 unspecified atom stereocenters. The minimum absolute atomic E-state index is 0.486. The van der Waals surface area contributed by atoms with E-state index < -0.39 is 0 Å². The standard InChI is InChI=1S/C30H39N3O3/c1-4-5-6-7-8-14-34-15-9-16-35-17-18-36-29-13-11-25(21-32-29)24-10-12-26-27-22-31-20-23(2)30(27)33(3)28(26)19-24/h10-13,19-22H,4-9,14-18H2,1-3H3. The second kappa shape index (κ2) is 13.4. The van der Waals surface area contributed by atoms with Crippen LogP contribution in [-0.2, 0) is 16.5 Å². The van der Waals surface area contributed by atoms with E-state index >= 15 is 0 Å². The van der Waals surface area contributed by atoms with E-state index in [1.54, 1.807) is 0 Å². The first kappa shape index (κ1) is 26.1. The van der Waals surface area contributed by atoms with E-state index in [9.17, 15) is 0 Å². The van der Waals surface area contributed by atoms with Crippen LogP contribution in [0.25, 0.3) is 32.9 Å². The monoisotopic (exact) mass is 489 g/mol. The Hall–Kier alpha value is -2.96. The van der Waals surface area contributed by atoms with E-state index in [1.165, 1.54) is 53.1 Å². The van der Waals surface area contributed by atoms with Crippen LogP contribution in [-0.4, -0.2) is 47.6 Å². The third-order valence-electron chi connectivity index (χ3n) is 6.60. The molecule has 4 aromatic rings. The highest BCUT2D eigenvalue weighted by atomic mass is 16.5. The first-order valence-corrected chi connectivity index (χ1v) is 13.3. The number of pyridine rings is 2. The molecule has 0 N–H and O–H groups in total. The minimum Gasteiger partial charge on any atom is -0.475 e. The van der Waals surface area contributed by atoms with Gasteiger partial charge in [-0.25, -0.2) is 4.98 Å². The number of benzene rings is 1. The smallest absolute Gasteiger partial charge is 0.213 e. The Bertz CT molecular complexity index is 1230. The summed E-state index contributed by atoms with van der Waals surface area (Å²) in [5, 5.41) is 2.41. The lowest BCUT2D eigenvalue weighted by atomic mass is 10.1. The van der Waals surface area contributed by atoms with Crippen molar-refractivity contribution < 1.29 is 14.2 Å². The van der Waals surface area contributed by atoms with Gasteiger partial charge >= 0.3 is 0 Å². The Labute approximate surface area is 214 Å². The molecule has 0 radical (unpaired) electrons. The fourth-order valence-electron chi connectivity index (χ4n) is 4.65. The quantitative estimate of drug-likeness (QED) is 0.171. The molecule has 4 rings (SSSR count). The van der Waals surface area contributed by atoms with Crippen molar-refractivity contribution in [3.63, 3.8) is 0 Å². The molecule has 0 aliphatic carbocycles. The molecule has 0 spiro atoms. The van der Waals surface area contributed by atoms with E-state index in [4.69, 9.17) is 14.2 Å². The van der Waals surface area contributed by atoms with Crippen LogP contribution in [0.2, 0.25) is 0 Å². The molecule has 0 saturated heterocycles. The summed E-state index contributed by atoms with van der Waals surface area (Å²) >= 11 is 0. The van der Waals surface area contributed by atoms with Crippen molar-refractivity contribution in [3.8, 4) is 17.0 Å². The van der Waals surface area contributed by atoms with Crippen molar-refractivity contribution >= 4 is 21.8 Å². The molecular weight excluding hydrogens is 450 g/mol. The van der Waals surface area contributed by atoms with Gasteiger partial charge in [0.15, 0.2) is 0 Å². The number of aromatic nitrogens is 3. The van der Waals surface area contributed by atoms with Gasteiger partial charge in [-0.05, 0) is 43.0 Å². The van der Waals surface area contributed by atoms with Gasteiger partial charge in [0.1, 0.15) is 6.61 Å². The summed E-state index contributed by atoms with van der Waals surface area (Å²) in [4.78, 5) is 8.87. The Morgan fingerprint density at radius 3 is 2.33 bits per heavy atom. The van der Waals surface area contributed by atoms with Gasteiger partial charge in [0.05, 0.1) is 12.1 Å². The molecule has 6 nitrogen and oxygen atoms in total. The fraction of sp³-hybridized carbons (Fsp3) is 0.467. The first-order chi connectivity index (χ1) is 17.7. The van der Waals surface area contributed by atoms with E-state index in [2.05, 4.69) is 59.7 Å². The van der Waals surface area contributed by atoms with Gasteiger partial charge in [-0.15, -0.1) is 0 Å². The van der Waals surface area contributed by atoms with Crippen molar-refractivity contribution in [2.45, 2.75) is 52.4 Å². The number of ether oxygens (including phenoxy) is 3. The van der Waals surface area contributed by atoms with Crippen LogP contribution in [0.1, 0.15) is 51.0 Å². The van der Waals surface area contributed by atoms with Gasteiger partial charge in [-0.2, -0.15) is 0 Å². The van der Waals surface area contributed by atoms with Gasteiger partial charge in [0.2, 0.25) is 5.88 Å². The van der Waals surface area contributed by atoms with E-state index in [0.717, 1.165) is 37.2 Å². The van der Waals surface area contributed by atoms with Gasteiger partial charge in [-0.3, -0.25) is 4.98 Å². The zero-order chi connectivity index (χ0) is 25.2. The predicted octanol–water partition coefficient (Wildman–Crippen LogP) is 6.87. The second-order valence-electron chi connectivity index (χ2n) is 9.37. The molecule has 192 valence electrons. The lowest BCUT2D eigenvalue weighted by Crippen LogP contribution is -2.09. The molecule has 0 atom stereocenters. The molecule has 0 bridgehead atoms. The maximum Gasteiger partial charge on any atom is 0.213 e. The number of fused-ring (bicyclic) bond motifs is 3. The molecule has 0 aliphatic heterocycles. The average molecular weight is 490 g/mol. The summed E-state index contributed by atoms with van der Waals surface area (Å²) in [5.41, 5.74) is 5.79. The third-order valence-corrected chi connectivity index (χ3v) is 6.60. The van der Waals surface area contributed by atoms with Gasteiger partial charge in [-0.1, -0.05) is 44.7 Å². The van der Waals surface area contributed by atoms with Crippen molar-refractivity contribution in [2.24, 2.45) is 7.05 Å². The van der Waals surface area contributed by atoms with Crippen LogP contribution < -0.4 is 4.74 Å². The summed E-state index contributed by atoms with van der Waals surface area (Å²) in [7, 11) is 2.11. The molecular formula is C30H39N3O3. The Kier molecular flexibility index (Phi) is 9.70. The highest BCUT2D eigenvalue weighted by molar-refractivity contribution is 6.09. The van der Waals surface area contributed by atoms with Crippen LogP contribution in [0.5, 0.6) is 5.88 Å². The lowest BCUT2D eigenvalue weighted by Gasteiger charge is -2.08. The number of hydrogen-bond acceptors (Lipinski definition) is 5. The first-order valence-electron chi connectivity index (χ1n) is 13.3. The van der Waals surface area contributed by atoms with Gasteiger partial charge in [0.25, 0.3) is 0 Å². The van der Waals surface area contributed by atoms with Gasteiger partial charge in [0, 0.05) is 73.4 Å². The number of rotatable bonds is 15. The second-order valence-corrected chi connectivity index (χ2v) is 9.37. The molecule has 6 heteroatoms. The average Bonchev–Trinajstić information content (AvgIpc) is 3.19. The molecule has 36 heavy (non-hydrogen) atoms. The summed E-state index contributed by atoms with van der Waals surface area (Å²) in [6.45, 7) is 7.69. The number of hydrogen-bond donors (Lipinski definition) is 0. The van der Waals surface area contributed by atoms with Crippen LogP contribution in [0, 0.1) is 6.92 Å². The molecule has 0 aliphatic rings. The van der Waals surface area contributed by atoms with Crippen molar-refractivity contribution in [3.05, 3.63) is 54.5 Å². The summed E-state index contributed by atoms with van der Waals surface area (Å²) in [5.74, 6) is 0.612. The molecule has 0 amide bonds. The molecule has 0 saturated carbocycles. The number of aryl methyl sites for hydroxylation is 2. The van der Waals surface area contributed by atoms with Gasteiger partial charge < -0.3 is 18.8 Å². The summed E-state index contributed by atoms with van der Waals surface area (Å²) in [6.07, 6.45) is 13.0. The maximum atomic E-state index is 5.75. The highest BCUT2D eigenvalue weighted by Crippen LogP contribution is 2.32. The zero-order valence-electron chi connectivity index (χ0n) is 22.0. The van der Waals surface area contributed by atoms with Crippen molar-refractivity contribution in [1.29, 1.82) is 0 Å². The molecule has 3 heterocycles. The maximum absolute atomic E-state index is 5.75. The Morgan fingerprint density at radius 2 is 1.53 bits per heavy atom. The van der Waals surface area contributed by atoms with Crippen molar-refractivity contribution in [2.75, 3.05) is 33.0 Å². The number of unbranched alkanes of at least 4 members (excludes halogenated alkanes) is 4. The lowest BCUT2D eigenvalue weighted by molar-refractivity contribution is 0.0664. The Morgan fingerprint density at radius 1 is 0.750 bits per heavy atom. The van der Waals surface area contributed by atoms with Crippen LogP contribution in [0.3, 0.4) is 0 Å². The normalized spacial score (nSPS) is 11.5. The molecule has 0 fully saturated rings. The third kappa shape index (κ3) is 6.62. The van der Waals surface area contributed by atoms with Crippen molar-refractivity contribution in [1.82, 2.24) is 14.5 Å². The van der Waals surface area contributed by atoms with Crippen LogP contribution in [0.15, 0.2) is 48.9 Å². The topological polar surface area (TPSA) is 58.4 Å². The van der Waals surface area contributed by atoms with E-state index in [-0.39, 0.29) is 0 Å². The fourth-order valence-corrected chi connectivity index (χ4v) is 4.65. The van der Waals surface area contributed by atoms with E-state index in [1.807, 2.05) is 24.7 Å². The molecule has 1 aromatic carbocycles. The highest BCUT2D eigenvalue weighted by Gasteiger charge is 2.11. The Balaban J connectivity index is 1.19. The van der Waals surface area contributed by atoms with E-state index in [0.29, 0.717) is 25.7 Å². The predicted molar refractivity (Wildman–Crippen MR) is 147 cm³/mol. The summed E-state index contributed by atoms with van der Waals surface area (Å²) < 4.78 is 19.3. The largest absolute Gasteiger partial charge is 0.475 e. The van der Waals surface area contributed by atoms with Crippen LogP contribution in [0.4, 0.5) is 0 Å². The molecule has 3 aromatic heterocycles. The minimum atomic E-state index is 0.486. The number of nitrogens with zero attached hydrogens (tertiary/aromatic N) is 3. The SMILES string of the molecule is CCCCCCCOCCCOCCOc1ccc(-c2ccc3c4cncc(C)c4n(C)c3c2)cn1.